The lowest BCUT2D eigenvalue weighted by Crippen LogP contribution is -2.49. The highest BCUT2D eigenvalue weighted by molar-refractivity contribution is 7.07. The molecular weight excluding hydrogens is 234 g/mol. The molecule has 4 nitrogen and oxygen atoms in total. The van der Waals surface area contributed by atoms with Crippen molar-refractivity contribution in [2.75, 3.05) is 32.7 Å². The summed E-state index contributed by atoms with van der Waals surface area (Å²) in [6.45, 7) is 4.98. The van der Waals surface area contributed by atoms with Crippen LogP contribution in [-0.2, 0) is 0 Å². The molecule has 0 aromatic carbocycles. The second-order valence-corrected chi connectivity index (χ2v) is 5.63. The van der Waals surface area contributed by atoms with Crippen LogP contribution < -0.4 is 0 Å². The maximum Gasteiger partial charge on any atom is 0.273 e. The van der Waals surface area contributed by atoms with Crippen LogP contribution in [-0.4, -0.2) is 53.4 Å². The molecule has 1 aromatic rings. The topological polar surface area (TPSA) is 36.4 Å². The third-order valence-electron chi connectivity index (χ3n) is 3.52. The van der Waals surface area contributed by atoms with Gasteiger partial charge in [-0.2, -0.15) is 0 Å². The molecule has 0 bridgehead atoms. The zero-order chi connectivity index (χ0) is 11.7. The summed E-state index contributed by atoms with van der Waals surface area (Å²) in [5.74, 6) is 1.04. The molecule has 1 saturated carbocycles. The smallest absolute Gasteiger partial charge is 0.273 e. The first-order valence-electron chi connectivity index (χ1n) is 6.23. The van der Waals surface area contributed by atoms with Crippen LogP contribution in [0.1, 0.15) is 23.3 Å². The van der Waals surface area contributed by atoms with Gasteiger partial charge in [-0.25, -0.2) is 4.98 Å². The van der Waals surface area contributed by atoms with Gasteiger partial charge in [0.25, 0.3) is 5.91 Å². The van der Waals surface area contributed by atoms with Gasteiger partial charge >= 0.3 is 0 Å². The molecule has 0 unspecified atom stereocenters. The second-order valence-electron chi connectivity index (χ2n) is 4.91. The van der Waals surface area contributed by atoms with E-state index in [-0.39, 0.29) is 5.91 Å². The molecule has 92 valence electrons. The van der Waals surface area contributed by atoms with Gasteiger partial charge in [0.15, 0.2) is 0 Å². The fourth-order valence-electron chi connectivity index (χ4n) is 2.28. The molecular formula is C12H17N3OS. The van der Waals surface area contributed by atoms with Gasteiger partial charge in [-0.3, -0.25) is 9.69 Å². The van der Waals surface area contributed by atoms with Gasteiger partial charge in [-0.1, -0.05) is 0 Å². The number of carbonyl (C=O) groups is 1. The summed E-state index contributed by atoms with van der Waals surface area (Å²) >= 11 is 1.48. The van der Waals surface area contributed by atoms with E-state index in [1.807, 2.05) is 10.3 Å². The second kappa shape index (κ2) is 4.74. The summed E-state index contributed by atoms with van der Waals surface area (Å²) in [7, 11) is 0. The van der Waals surface area contributed by atoms with E-state index >= 15 is 0 Å². The number of rotatable bonds is 3. The van der Waals surface area contributed by atoms with E-state index in [2.05, 4.69) is 9.88 Å². The van der Waals surface area contributed by atoms with Crippen molar-refractivity contribution in [2.24, 2.45) is 5.92 Å². The lowest BCUT2D eigenvalue weighted by Gasteiger charge is -2.34. The van der Waals surface area contributed by atoms with Crippen molar-refractivity contribution in [3.63, 3.8) is 0 Å². The highest BCUT2D eigenvalue weighted by atomic mass is 32.1. The van der Waals surface area contributed by atoms with Crippen molar-refractivity contribution in [3.8, 4) is 0 Å². The molecule has 17 heavy (non-hydrogen) atoms. The third kappa shape index (κ3) is 2.66. The molecule has 1 saturated heterocycles. The molecule has 0 atom stereocenters. The number of piperazine rings is 1. The van der Waals surface area contributed by atoms with Crippen molar-refractivity contribution in [2.45, 2.75) is 12.8 Å². The Bertz CT molecular complexity index is 380. The average molecular weight is 251 g/mol. The highest BCUT2D eigenvalue weighted by Crippen LogP contribution is 2.29. The Kier molecular flexibility index (Phi) is 3.11. The van der Waals surface area contributed by atoms with E-state index in [1.54, 1.807) is 5.51 Å². The molecule has 0 N–H and O–H groups in total. The minimum atomic E-state index is 0.0947. The summed E-state index contributed by atoms with van der Waals surface area (Å²) in [6.07, 6.45) is 2.80. The van der Waals surface area contributed by atoms with Crippen LogP contribution in [0.25, 0.3) is 0 Å². The lowest BCUT2D eigenvalue weighted by molar-refractivity contribution is 0.0627. The Labute approximate surface area is 105 Å². The zero-order valence-electron chi connectivity index (χ0n) is 9.84. The van der Waals surface area contributed by atoms with E-state index in [9.17, 15) is 4.79 Å². The summed E-state index contributed by atoms with van der Waals surface area (Å²) < 4.78 is 0. The van der Waals surface area contributed by atoms with Crippen LogP contribution in [0.5, 0.6) is 0 Å². The fourth-order valence-corrected chi connectivity index (χ4v) is 2.81. The van der Waals surface area contributed by atoms with Crippen molar-refractivity contribution < 1.29 is 4.79 Å². The molecule has 1 aliphatic carbocycles. The molecule has 2 heterocycles. The Morgan fingerprint density at radius 1 is 1.35 bits per heavy atom. The number of thiazole rings is 1. The normalized spacial score (nSPS) is 21.8. The molecule has 1 aromatic heterocycles. The van der Waals surface area contributed by atoms with Crippen molar-refractivity contribution in [1.29, 1.82) is 0 Å². The van der Waals surface area contributed by atoms with E-state index in [1.165, 1.54) is 30.7 Å². The molecule has 2 fully saturated rings. The minimum Gasteiger partial charge on any atom is -0.335 e. The average Bonchev–Trinajstić information content (AvgIpc) is 3.00. The minimum absolute atomic E-state index is 0.0947. The first-order valence-corrected chi connectivity index (χ1v) is 7.17. The van der Waals surface area contributed by atoms with Gasteiger partial charge in [0.05, 0.1) is 5.51 Å². The quantitative estimate of drug-likeness (QED) is 0.812. The zero-order valence-corrected chi connectivity index (χ0v) is 10.7. The molecule has 0 spiro atoms. The standard InChI is InChI=1S/C12H17N3OS/c16-12(11-8-17-9-13-11)15-5-3-14(4-6-15)7-10-1-2-10/h8-10H,1-7H2. The largest absolute Gasteiger partial charge is 0.335 e. The molecule has 2 aliphatic rings. The number of amides is 1. The fraction of sp³-hybridized carbons (Fsp3) is 0.667. The van der Waals surface area contributed by atoms with Crippen LogP contribution in [0.4, 0.5) is 0 Å². The van der Waals surface area contributed by atoms with Crippen molar-refractivity contribution in [3.05, 3.63) is 16.6 Å². The molecule has 3 rings (SSSR count). The summed E-state index contributed by atoms with van der Waals surface area (Å²) in [5.41, 5.74) is 2.32. The number of hydrogen-bond acceptors (Lipinski definition) is 4. The number of nitrogens with zero attached hydrogens (tertiary/aromatic N) is 3. The summed E-state index contributed by atoms with van der Waals surface area (Å²) in [5, 5.41) is 1.83. The van der Waals surface area contributed by atoms with Crippen molar-refractivity contribution in [1.82, 2.24) is 14.8 Å². The third-order valence-corrected chi connectivity index (χ3v) is 4.11. The monoisotopic (exact) mass is 251 g/mol. The van der Waals surface area contributed by atoms with E-state index in [0.717, 1.165) is 32.1 Å². The molecule has 1 amide bonds. The van der Waals surface area contributed by atoms with Gasteiger partial charge in [0.1, 0.15) is 5.69 Å². The van der Waals surface area contributed by atoms with E-state index in [0.29, 0.717) is 5.69 Å². The Morgan fingerprint density at radius 3 is 2.71 bits per heavy atom. The van der Waals surface area contributed by atoms with Gasteiger partial charge in [0, 0.05) is 38.1 Å². The lowest BCUT2D eigenvalue weighted by atomic mass is 10.2. The van der Waals surface area contributed by atoms with Gasteiger partial charge in [-0.05, 0) is 18.8 Å². The predicted octanol–water partition coefficient (Wildman–Crippen LogP) is 1.31. The highest BCUT2D eigenvalue weighted by Gasteiger charge is 2.28. The number of hydrogen-bond donors (Lipinski definition) is 0. The molecule has 1 aliphatic heterocycles. The Hall–Kier alpha value is -0.940. The summed E-state index contributed by atoms with van der Waals surface area (Å²) in [6, 6.07) is 0. The maximum absolute atomic E-state index is 12.1. The van der Waals surface area contributed by atoms with Gasteiger partial charge in [0.2, 0.25) is 0 Å². The van der Waals surface area contributed by atoms with Crippen LogP contribution in [0, 0.1) is 5.92 Å². The number of carbonyl (C=O) groups excluding carboxylic acids is 1. The number of aromatic nitrogens is 1. The molecule has 5 heteroatoms. The van der Waals surface area contributed by atoms with Gasteiger partial charge in [-0.15, -0.1) is 11.3 Å². The first kappa shape index (κ1) is 11.2. The van der Waals surface area contributed by atoms with E-state index in [4.69, 9.17) is 0 Å². The van der Waals surface area contributed by atoms with E-state index < -0.39 is 0 Å². The Balaban J connectivity index is 1.52. The van der Waals surface area contributed by atoms with Crippen LogP contribution in [0.3, 0.4) is 0 Å². The van der Waals surface area contributed by atoms with Crippen molar-refractivity contribution >= 4 is 17.2 Å². The van der Waals surface area contributed by atoms with Crippen LogP contribution in [0.15, 0.2) is 10.9 Å². The predicted molar refractivity (Wildman–Crippen MR) is 67.2 cm³/mol. The summed E-state index contributed by atoms with van der Waals surface area (Å²) in [4.78, 5) is 20.6. The van der Waals surface area contributed by atoms with Crippen LogP contribution >= 0.6 is 11.3 Å². The Morgan fingerprint density at radius 2 is 2.12 bits per heavy atom. The first-order chi connectivity index (χ1) is 8.33. The van der Waals surface area contributed by atoms with Crippen LogP contribution in [0.2, 0.25) is 0 Å². The van der Waals surface area contributed by atoms with Gasteiger partial charge < -0.3 is 4.90 Å². The molecule has 0 radical (unpaired) electrons. The maximum atomic E-state index is 12.1. The SMILES string of the molecule is O=C(c1cscn1)N1CCN(CC2CC2)CC1.